The van der Waals surface area contributed by atoms with Gasteiger partial charge in [-0.2, -0.15) is 5.26 Å². The van der Waals surface area contributed by atoms with E-state index in [1.54, 1.807) is 7.11 Å². The zero-order chi connectivity index (χ0) is 12.9. The minimum atomic E-state index is -0.318. The molecule has 0 unspecified atom stereocenters. The van der Waals surface area contributed by atoms with Gasteiger partial charge in [-0.05, 0) is 38.0 Å². The van der Waals surface area contributed by atoms with Crippen molar-refractivity contribution in [1.82, 2.24) is 5.32 Å². The maximum absolute atomic E-state index is 8.90. The average Bonchev–Trinajstić information content (AvgIpc) is 2.29. The first kappa shape index (κ1) is 13.5. The van der Waals surface area contributed by atoms with E-state index >= 15 is 0 Å². The van der Waals surface area contributed by atoms with Crippen molar-refractivity contribution < 1.29 is 4.74 Å². The van der Waals surface area contributed by atoms with Gasteiger partial charge in [-0.25, -0.2) is 0 Å². The topological polar surface area (TPSA) is 45.0 Å². The van der Waals surface area contributed by atoms with Gasteiger partial charge in [0.15, 0.2) is 0 Å². The number of benzene rings is 1. The Kier molecular flexibility index (Phi) is 4.53. The SMILES string of the molecule is COc1ccc(CNCC(C)(C)C#N)cc1C. The molecule has 0 heterocycles. The second-order valence-electron chi connectivity index (χ2n) is 4.90. The molecule has 0 saturated heterocycles. The van der Waals surface area contributed by atoms with E-state index in [0.29, 0.717) is 6.54 Å². The molecule has 92 valence electrons. The Morgan fingerprint density at radius 1 is 1.41 bits per heavy atom. The number of hydrogen-bond acceptors (Lipinski definition) is 3. The van der Waals surface area contributed by atoms with E-state index in [2.05, 4.69) is 17.5 Å². The maximum atomic E-state index is 8.90. The Bertz CT molecular complexity index is 419. The van der Waals surface area contributed by atoms with Gasteiger partial charge in [-0.3, -0.25) is 0 Å². The summed E-state index contributed by atoms with van der Waals surface area (Å²) in [5, 5.41) is 12.2. The van der Waals surface area contributed by atoms with Crippen molar-refractivity contribution in [1.29, 1.82) is 5.26 Å². The highest BCUT2D eigenvalue weighted by molar-refractivity contribution is 5.36. The summed E-state index contributed by atoms with van der Waals surface area (Å²) in [5.74, 6) is 0.908. The van der Waals surface area contributed by atoms with Crippen molar-refractivity contribution >= 4 is 0 Å². The Morgan fingerprint density at radius 2 is 2.12 bits per heavy atom. The number of nitrogens with zero attached hydrogens (tertiary/aromatic N) is 1. The van der Waals surface area contributed by atoms with Gasteiger partial charge in [0.05, 0.1) is 18.6 Å². The standard InChI is InChI=1S/C14H20N2O/c1-11-7-12(5-6-13(11)17-4)8-16-10-14(2,3)9-15/h5-7,16H,8,10H2,1-4H3. The normalized spacial score (nSPS) is 11.0. The first-order chi connectivity index (χ1) is 7.98. The van der Waals surface area contributed by atoms with E-state index in [1.807, 2.05) is 32.9 Å². The molecule has 0 atom stereocenters. The first-order valence-electron chi connectivity index (χ1n) is 5.74. The highest BCUT2D eigenvalue weighted by Gasteiger charge is 2.15. The van der Waals surface area contributed by atoms with Crippen LogP contribution in [-0.4, -0.2) is 13.7 Å². The fraction of sp³-hybridized carbons (Fsp3) is 0.500. The van der Waals surface area contributed by atoms with Crippen molar-refractivity contribution in [3.8, 4) is 11.8 Å². The fourth-order valence-corrected chi connectivity index (χ4v) is 1.61. The van der Waals surface area contributed by atoms with Gasteiger partial charge in [0.2, 0.25) is 0 Å². The molecule has 1 N–H and O–H groups in total. The van der Waals surface area contributed by atoms with Crippen molar-refractivity contribution in [3.63, 3.8) is 0 Å². The minimum absolute atomic E-state index is 0.318. The summed E-state index contributed by atoms with van der Waals surface area (Å²) in [5.41, 5.74) is 2.02. The summed E-state index contributed by atoms with van der Waals surface area (Å²) < 4.78 is 5.21. The number of rotatable bonds is 5. The largest absolute Gasteiger partial charge is 0.496 e. The number of hydrogen-bond donors (Lipinski definition) is 1. The number of aryl methyl sites for hydroxylation is 1. The van der Waals surface area contributed by atoms with Gasteiger partial charge in [0.25, 0.3) is 0 Å². The van der Waals surface area contributed by atoms with Crippen LogP contribution in [0.3, 0.4) is 0 Å². The summed E-state index contributed by atoms with van der Waals surface area (Å²) >= 11 is 0. The van der Waals surface area contributed by atoms with E-state index in [9.17, 15) is 0 Å². The molecule has 1 aromatic carbocycles. The molecule has 1 aromatic rings. The molecule has 0 aliphatic rings. The lowest BCUT2D eigenvalue weighted by molar-refractivity contribution is 0.411. The molecule has 17 heavy (non-hydrogen) atoms. The van der Waals surface area contributed by atoms with Crippen LogP contribution in [0.5, 0.6) is 5.75 Å². The van der Waals surface area contributed by atoms with Crippen LogP contribution in [0, 0.1) is 23.7 Å². The van der Waals surface area contributed by atoms with E-state index in [-0.39, 0.29) is 5.41 Å². The Hall–Kier alpha value is -1.53. The zero-order valence-corrected chi connectivity index (χ0v) is 11.0. The molecule has 0 aliphatic heterocycles. The molecular formula is C14H20N2O. The van der Waals surface area contributed by atoms with Gasteiger partial charge in [0.1, 0.15) is 5.75 Å². The number of nitrogens with one attached hydrogen (secondary N) is 1. The average molecular weight is 232 g/mol. The zero-order valence-electron chi connectivity index (χ0n) is 11.0. The quantitative estimate of drug-likeness (QED) is 0.848. The molecule has 0 aromatic heterocycles. The Balaban J connectivity index is 2.54. The van der Waals surface area contributed by atoms with Gasteiger partial charge < -0.3 is 10.1 Å². The summed E-state index contributed by atoms with van der Waals surface area (Å²) in [6.07, 6.45) is 0. The predicted molar refractivity (Wildman–Crippen MR) is 68.8 cm³/mol. The number of methoxy groups -OCH3 is 1. The third-order valence-corrected chi connectivity index (χ3v) is 2.66. The van der Waals surface area contributed by atoms with Crippen molar-refractivity contribution in [2.45, 2.75) is 27.3 Å². The smallest absolute Gasteiger partial charge is 0.121 e. The van der Waals surface area contributed by atoms with Gasteiger partial charge in [-0.1, -0.05) is 12.1 Å². The van der Waals surface area contributed by atoms with Crippen LogP contribution < -0.4 is 10.1 Å². The molecule has 0 fully saturated rings. The number of ether oxygens (including phenoxy) is 1. The molecule has 0 saturated carbocycles. The molecule has 0 radical (unpaired) electrons. The molecule has 0 aliphatic carbocycles. The summed E-state index contributed by atoms with van der Waals surface area (Å²) in [6, 6.07) is 8.39. The van der Waals surface area contributed by atoms with Crippen molar-refractivity contribution in [3.05, 3.63) is 29.3 Å². The second-order valence-corrected chi connectivity index (χ2v) is 4.90. The fourth-order valence-electron chi connectivity index (χ4n) is 1.61. The van der Waals surface area contributed by atoms with Gasteiger partial charge >= 0.3 is 0 Å². The minimum Gasteiger partial charge on any atom is -0.496 e. The highest BCUT2D eigenvalue weighted by Crippen LogP contribution is 2.18. The van der Waals surface area contributed by atoms with E-state index in [4.69, 9.17) is 10.00 Å². The monoisotopic (exact) mass is 232 g/mol. The molecule has 0 spiro atoms. The maximum Gasteiger partial charge on any atom is 0.121 e. The van der Waals surface area contributed by atoms with E-state index in [1.165, 1.54) is 5.56 Å². The van der Waals surface area contributed by atoms with Crippen LogP contribution in [0.2, 0.25) is 0 Å². The van der Waals surface area contributed by atoms with Crippen molar-refractivity contribution in [2.75, 3.05) is 13.7 Å². The molecule has 0 bridgehead atoms. The molecule has 3 nitrogen and oxygen atoms in total. The summed E-state index contributed by atoms with van der Waals surface area (Å²) in [4.78, 5) is 0. The van der Waals surface area contributed by atoms with Crippen LogP contribution >= 0.6 is 0 Å². The highest BCUT2D eigenvalue weighted by atomic mass is 16.5. The molecular weight excluding hydrogens is 212 g/mol. The van der Waals surface area contributed by atoms with Crippen LogP contribution in [0.25, 0.3) is 0 Å². The van der Waals surface area contributed by atoms with Crippen LogP contribution in [0.1, 0.15) is 25.0 Å². The Morgan fingerprint density at radius 3 is 2.65 bits per heavy atom. The lowest BCUT2D eigenvalue weighted by atomic mass is 9.96. The lowest BCUT2D eigenvalue weighted by Crippen LogP contribution is -2.27. The molecule has 0 amide bonds. The van der Waals surface area contributed by atoms with Crippen LogP contribution in [0.15, 0.2) is 18.2 Å². The van der Waals surface area contributed by atoms with Gasteiger partial charge in [-0.15, -0.1) is 0 Å². The second kappa shape index (κ2) is 5.70. The summed E-state index contributed by atoms with van der Waals surface area (Å²) in [7, 11) is 1.68. The first-order valence-corrected chi connectivity index (χ1v) is 5.74. The van der Waals surface area contributed by atoms with E-state index < -0.39 is 0 Å². The summed E-state index contributed by atoms with van der Waals surface area (Å²) in [6.45, 7) is 7.35. The number of nitriles is 1. The predicted octanol–water partition coefficient (Wildman–Crippen LogP) is 2.64. The van der Waals surface area contributed by atoms with E-state index in [0.717, 1.165) is 17.9 Å². The third kappa shape index (κ3) is 4.08. The van der Waals surface area contributed by atoms with Crippen LogP contribution in [0.4, 0.5) is 0 Å². The van der Waals surface area contributed by atoms with Gasteiger partial charge in [0, 0.05) is 13.1 Å². The lowest BCUT2D eigenvalue weighted by Gasteiger charge is -2.16. The Labute approximate surface area is 103 Å². The van der Waals surface area contributed by atoms with Crippen molar-refractivity contribution in [2.24, 2.45) is 5.41 Å². The van der Waals surface area contributed by atoms with Crippen LogP contribution in [-0.2, 0) is 6.54 Å². The third-order valence-electron chi connectivity index (χ3n) is 2.66. The molecule has 3 heteroatoms. The molecule has 1 rings (SSSR count).